The van der Waals surface area contributed by atoms with E-state index in [2.05, 4.69) is 0 Å². The molecule has 0 aliphatic carbocycles. The summed E-state index contributed by atoms with van der Waals surface area (Å²) in [6.45, 7) is 2.07. The first kappa shape index (κ1) is 12.0. The maximum Gasteiger partial charge on any atom is 0.288 e. The van der Waals surface area contributed by atoms with Gasteiger partial charge in [0.2, 0.25) is 0 Å². The van der Waals surface area contributed by atoms with Crippen molar-refractivity contribution in [2.45, 2.75) is 6.67 Å². The summed E-state index contributed by atoms with van der Waals surface area (Å²) < 4.78 is 6.66. The van der Waals surface area contributed by atoms with Gasteiger partial charge in [-0.05, 0) is 0 Å². The molecule has 2 N–H and O–H groups in total. The van der Waals surface area contributed by atoms with Gasteiger partial charge < -0.3 is 19.5 Å². The summed E-state index contributed by atoms with van der Waals surface area (Å²) in [7, 11) is 0. The Morgan fingerprint density at radius 3 is 2.68 bits per heavy atom. The minimum absolute atomic E-state index is 0.0963. The molecule has 1 amide bonds. The van der Waals surface area contributed by atoms with Crippen molar-refractivity contribution in [2.75, 3.05) is 26.3 Å². The molecule has 1 saturated heterocycles. The minimum Gasteiger partial charge on any atom is -0.503 e. The van der Waals surface area contributed by atoms with Crippen LogP contribution in [0, 0.1) is 0 Å². The molecule has 3 heterocycles. The monoisotopic (exact) mass is 267 g/mol. The highest BCUT2D eigenvalue weighted by atomic mass is 16.5. The number of ether oxygens (including phenoxy) is 1. The van der Waals surface area contributed by atoms with E-state index in [1.165, 1.54) is 15.8 Å². The van der Waals surface area contributed by atoms with Gasteiger partial charge in [-0.2, -0.15) is 5.01 Å². The molecule has 0 saturated carbocycles. The van der Waals surface area contributed by atoms with Crippen LogP contribution in [0.4, 0.5) is 0 Å². The van der Waals surface area contributed by atoms with Gasteiger partial charge in [-0.1, -0.05) is 0 Å². The number of rotatable bonds is 0. The van der Waals surface area contributed by atoms with Crippen LogP contribution in [0.3, 0.4) is 0 Å². The summed E-state index contributed by atoms with van der Waals surface area (Å²) in [6, 6.07) is 0. The molecule has 8 nitrogen and oxygen atoms in total. The van der Waals surface area contributed by atoms with E-state index in [9.17, 15) is 19.8 Å². The Balaban J connectivity index is 2.12. The number of aromatic nitrogens is 1. The van der Waals surface area contributed by atoms with Crippen molar-refractivity contribution >= 4 is 5.91 Å². The van der Waals surface area contributed by atoms with E-state index >= 15 is 0 Å². The molecule has 0 aromatic carbocycles. The van der Waals surface area contributed by atoms with Crippen molar-refractivity contribution in [3.8, 4) is 11.5 Å². The molecule has 19 heavy (non-hydrogen) atoms. The fourth-order valence-corrected chi connectivity index (χ4v) is 2.33. The zero-order chi connectivity index (χ0) is 13.6. The molecule has 0 atom stereocenters. The molecule has 1 fully saturated rings. The normalized spacial score (nSPS) is 19.8. The number of nitrogens with zero attached hydrogens (tertiary/aromatic N) is 3. The molecule has 2 aliphatic rings. The Bertz CT molecular complexity index is 597. The van der Waals surface area contributed by atoms with Crippen LogP contribution in [0.5, 0.6) is 11.5 Å². The van der Waals surface area contributed by atoms with Gasteiger partial charge in [-0.15, -0.1) is 0 Å². The number of pyridine rings is 1. The smallest absolute Gasteiger partial charge is 0.288 e. The van der Waals surface area contributed by atoms with Crippen LogP contribution in [0.1, 0.15) is 10.5 Å². The standard InChI is InChI=1S/C11H13N3O5/c15-7-5-12-6-13-1-3-19-4-2-14(13)11(18)8(12)10(17)9(7)16/h5,15,17H,1-4,6H2. The van der Waals surface area contributed by atoms with Gasteiger partial charge in [0.25, 0.3) is 11.3 Å². The topological polar surface area (TPSA) is 95.2 Å². The molecule has 0 radical (unpaired) electrons. The number of carbonyl (C=O) groups excluding carboxylic acids is 1. The Morgan fingerprint density at radius 2 is 1.89 bits per heavy atom. The third-order valence-electron chi connectivity index (χ3n) is 3.27. The lowest BCUT2D eigenvalue weighted by atomic mass is 10.2. The number of hydrogen-bond donors (Lipinski definition) is 2. The molecule has 0 bridgehead atoms. The van der Waals surface area contributed by atoms with Gasteiger partial charge in [-0.3, -0.25) is 14.6 Å². The first-order valence-corrected chi connectivity index (χ1v) is 5.89. The van der Waals surface area contributed by atoms with Gasteiger partial charge in [0.15, 0.2) is 17.2 Å². The summed E-state index contributed by atoms with van der Waals surface area (Å²) in [5.74, 6) is -1.75. The number of fused-ring (bicyclic) bond motifs is 2. The fourth-order valence-electron chi connectivity index (χ4n) is 2.33. The van der Waals surface area contributed by atoms with Gasteiger partial charge in [0.1, 0.15) is 0 Å². The van der Waals surface area contributed by atoms with Crippen molar-refractivity contribution in [1.29, 1.82) is 0 Å². The quantitative estimate of drug-likeness (QED) is 0.621. The van der Waals surface area contributed by atoms with E-state index in [0.29, 0.717) is 26.3 Å². The molecule has 102 valence electrons. The molecule has 0 unspecified atom stereocenters. The van der Waals surface area contributed by atoms with E-state index < -0.39 is 22.8 Å². The van der Waals surface area contributed by atoms with Crippen LogP contribution in [-0.4, -0.2) is 57.0 Å². The SMILES string of the molecule is O=C1c2c(O)c(=O)c(O)cn2CN2CCOCCN12. The Hall–Kier alpha value is -2.06. The maximum atomic E-state index is 12.3. The summed E-state index contributed by atoms with van der Waals surface area (Å²) in [4.78, 5) is 23.8. The summed E-state index contributed by atoms with van der Waals surface area (Å²) in [5.41, 5.74) is -1.03. The molecular weight excluding hydrogens is 254 g/mol. The van der Waals surface area contributed by atoms with Crippen LogP contribution in [0.2, 0.25) is 0 Å². The van der Waals surface area contributed by atoms with E-state index in [4.69, 9.17) is 4.74 Å². The number of aromatic hydroxyl groups is 2. The van der Waals surface area contributed by atoms with Crippen LogP contribution in [-0.2, 0) is 11.4 Å². The average molecular weight is 267 g/mol. The van der Waals surface area contributed by atoms with Crippen molar-refractivity contribution in [3.05, 3.63) is 22.1 Å². The summed E-state index contributed by atoms with van der Waals surface area (Å²) in [5, 5.41) is 22.4. The highest BCUT2D eigenvalue weighted by Crippen LogP contribution is 2.24. The van der Waals surface area contributed by atoms with Crippen LogP contribution in [0.25, 0.3) is 0 Å². The lowest BCUT2D eigenvalue weighted by Gasteiger charge is -2.38. The third kappa shape index (κ3) is 1.76. The maximum absolute atomic E-state index is 12.3. The Labute approximate surface area is 108 Å². The molecule has 2 aliphatic heterocycles. The number of carbonyl (C=O) groups is 1. The lowest BCUT2D eigenvalue weighted by Crippen LogP contribution is -2.53. The minimum atomic E-state index is -0.931. The Kier molecular flexibility index (Phi) is 2.68. The zero-order valence-corrected chi connectivity index (χ0v) is 10.1. The molecule has 1 aromatic heterocycles. The van der Waals surface area contributed by atoms with Gasteiger partial charge in [-0.25, -0.2) is 0 Å². The van der Waals surface area contributed by atoms with E-state index in [0.717, 1.165) is 0 Å². The van der Waals surface area contributed by atoms with Crippen LogP contribution < -0.4 is 5.43 Å². The molecule has 0 spiro atoms. The van der Waals surface area contributed by atoms with E-state index in [1.54, 1.807) is 5.01 Å². The van der Waals surface area contributed by atoms with Crippen molar-refractivity contribution in [2.24, 2.45) is 0 Å². The second-order valence-corrected chi connectivity index (χ2v) is 4.42. The zero-order valence-electron chi connectivity index (χ0n) is 10.1. The fraction of sp³-hybridized carbons (Fsp3) is 0.455. The Morgan fingerprint density at radius 1 is 1.16 bits per heavy atom. The predicted octanol–water partition coefficient (Wildman–Crippen LogP) is -1.08. The van der Waals surface area contributed by atoms with Gasteiger partial charge in [0, 0.05) is 6.54 Å². The average Bonchev–Trinajstić information content (AvgIpc) is 2.61. The van der Waals surface area contributed by atoms with E-state index in [1.807, 2.05) is 0 Å². The van der Waals surface area contributed by atoms with Crippen molar-refractivity contribution in [1.82, 2.24) is 14.6 Å². The highest BCUT2D eigenvalue weighted by Gasteiger charge is 2.34. The molecular formula is C11H13N3O5. The van der Waals surface area contributed by atoms with Crippen LogP contribution >= 0.6 is 0 Å². The lowest BCUT2D eigenvalue weighted by molar-refractivity contribution is -0.0351. The van der Waals surface area contributed by atoms with Gasteiger partial charge >= 0.3 is 0 Å². The van der Waals surface area contributed by atoms with Crippen molar-refractivity contribution < 1.29 is 19.7 Å². The molecule has 3 rings (SSSR count). The van der Waals surface area contributed by atoms with Crippen molar-refractivity contribution in [3.63, 3.8) is 0 Å². The summed E-state index contributed by atoms with van der Waals surface area (Å²) in [6.07, 6.45) is 1.17. The van der Waals surface area contributed by atoms with E-state index in [-0.39, 0.29) is 12.4 Å². The second-order valence-electron chi connectivity index (χ2n) is 4.42. The van der Waals surface area contributed by atoms with Crippen LogP contribution in [0.15, 0.2) is 11.0 Å². The van der Waals surface area contributed by atoms with Gasteiger partial charge in [0.05, 0.1) is 32.6 Å². The number of hydrogen-bond acceptors (Lipinski definition) is 6. The number of amides is 1. The highest BCUT2D eigenvalue weighted by molar-refractivity contribution is 5.95. The second kappa shape index (κ2) is 4.25. The largest absolute Gasteiger partial charge is 0.503 e. The molecule has 8 heteroatoms. The molecule has 1 aromatic rings. The first-order chi connectivity index (χ1) is 9.09. The summed E-state index contributed by atoms with van der Waals surface area (Å²) >= 11 is 0. The number of hydrazine groups is 1. The first-order valence-electron chi connectivity index (χ1n) is 5.89. The third-order valence-corrected chi connectivity index (χ3v) is 3.27. The predicted molar refractivity (Wildman–Crippen MR) is 62.6 cm³/mol.